The SMILES string of the molecule is CC/C1=C(\N)C(C)C/C=C(\C2CC(C)[C@H]2C)C(C)/C(C)=C(/CCC(CC)CC)C1. The predicted molar refractivity (Wildman–Crippen MR) is 130 cm³/mol. The Balaban J connectivity index is 2.43. The molecule has 2 N–H and O–H groups in total. The summed E-state index contributed by atoms with van der Waals surface area (Å²) in [4.78, 5) is 0. The third-order valence-electron chi connectivity index (χ3n) is 8.80. The summed E-state index contributed by atoms with van der Waals surface area (Å²) in [7, 11) is 0. The summed E-state index contributed by atoms with van der Waals surface area (Å²) >= 11 is 0. The molecule has 2 aliphatic carbocycles. The molecule has 166 valence electrons. The van der Waals surface area contributed by atoms with Crippen molar-refractivity contribution in [1.82, 2.24) is 0 Å². The summed E-state index contributed by atoms with van der Waals surface area (Å²) in [5.41, 5.74) is 14.4. The van der Waals surface area contributed by atoms with Gasteiger partial charge in [-0.1, -0.05) is 84.1 Å². The molecule has 1 saturated carbocycles. The Bertz CT molecular complexity index is 631. The Morgan fingerprint density at radius 2 is 1.69 bits per heavy atom. The molecule has 0 radical (unpaired) electrons. The topological polar surface area (TPSA) is 26.0 Å². The Morgan fingerprint density at radius 3 is 2.21 bits per heavy atom. The van der Waals surface area contributed by atoms with Crippen LogP contribution in [0.15, 0.2) is 34.1 Å². The summed E-state index contributed by atoms with van der Waals surface area (Å²) in [5, 5.41) is 0. The molecule has 0 saturated heterocycles. The highest BCUT2D eigenvalue weighted by Crippen LogP contribution is 2.48. The highest BCUT2D eigenvalue weighted by molar-refractivity contribution is 5.32. The summed E-state index contributed by atoms with van der Waals surface area (Å²) in [5.74, 6) is 4.36. The Hall–Kier alpha value is -0.980. The van der Waals surface area contributed by atoms with Crippen LogP contribution >= 0.6 is 0 Å². The first kappa shape index (κ1) is 24.3. The van der Waals surface area contributed by atoms with E-state index in [1.807, 2.05) is 0 Å². The van der Waals surface area contributed by atoms with Gasteiger partial charge in [0, 0.05) is 5.70 Å². The van der Waals surface area contributed by atoms with Gasteiger partial charge in [0.05, 0.1) is 0 Å². The molecule has 0 spiro atoms. The number of allylic oxidation sites excluding steroid dienone is 6. The fraction of sp³-hybridized carbons (Fsp3) is 0.786. The van der Waals surface area contributed by atoms with Crippen molar-refractivity contribution in [3.63, 3.8) is 0 Å². The maximum absolute atomic E-state index is 6.72. The summed E-state index contributed by atoms with van der Waals surface area (Å²) in [6.07, 6.45) is 12.4. The first-order chi connectivity index (χ1) is 13.7. The van der Waals surface area contributed by atoms with E-state index < -0.39 is 0 Å². The molecule has 0 bridgehead atoms. The van der Waals surface area contributed by atoms with Gasteiger partial charge < -0.3 is 5.73 Å². The van der Waals surface area contributed by atoms with Crippen LogP contribution in [0.25, 0.3) is 0 Å². The van der Waals surface area contributed by atoms with Crippen LogP contribution in [0.2, 0.25) is 0 Å². The molecule has 0 aromatic heterocycles. The molecular formula is C28H49N. The lowest BCUT2D eigenvalue weighted by Gasteiger charge is -2.45. The van der Waals surface area contributed by atoms with Crippen molar-refractivity contribution in [2.24, 2.45) is 41.2 Å². The largest absolute Gasteiger partial charge is 0.402 e. The van der Waals surface area contributed by atoms with Crippen molar-refractivity contribution in [3.8, 4) is 0 Å². The van der Waals surface area contributed by atoms with Gasteiger partial charge in [0.1, 0.15) is 0 Å². The van der Waals surface area contributed by atoms with Gasteiger partial charge in [0.15, 0.2) is 0 Å². The van der Waals surface area contributed by atoms with E-state index in [1.165, 1.54) is 43.4 Å². The van der Waals surface area contributed by atoms with Crippen LogP contribution in [0.1, 0.15) is 107 Å². The predicted octanol–water partition coefficient (Wildman–Crippen LogP) is 8.43. The first-order valence-corrected chi connectivity index (χ1v) is 12.6. The van der Waals surface area contributed by atoms with Crippen LogP contribution in [0.4, 0.5) is 0 Å². The lowest BCUT2D eigenvalue weighted by molar-refractivity contribution is 0.127. The highest BCUT2D eigenvalue weighted by atomic mass is 14.6. The third-order valence-corrected chi connectivity index (χ3v) is 8.80. The molecule has 5 atom stereocenters. The summed E-state index contributed by atoms with van der Waals surface area (Å²) < 4.78 is 0. The maximum atomic E-state index is 6.72. The van der Waals surface area contributed by atoms with Gasteiger partial charge in [-0.2, -0.15) is 0 Å². The normalized spacial score (nSPS) is 38.5. The smallest absolute Gasteiger partial charge is 0.0107 e. The molecule has 0 amide bonds. The van der Waals surface area contributed by atoms with Crippen LogP contribution in [0.3, 0.4) is 0 Å². The number of nitrogens with two attached hydrogens (primary N) is 1. The molecule has 4 unspecified atom stereocenters. The van der Waals surface area contributed by atoms with Crippen molar-refractivity contribution in [1.29, 1.82) is 0 Å². The number of hydrogen-bond donors (Lipinski definition) is 1. The van der Waals surface area contributed by atoms with E-state index in [0.29, 0.717) is 11.8 Å². The van der Waals surface area contributed by atoms with Gasteiger partial charge in [-0.05, 0) is 86.5 Å². The van der Waals surface area contributed by atoms with Crippen LogP contribution in [0.5, 0.6) is 0 Å². The van der Waals surface area contributed by atoms with E-state index >= 15 is 0 Å². The number of hydrogen-bond acceptors (Lipinski definition) is 1. The standard InChI is InChI=1S/C28H49N/c1-9-23(10-2)13-14-25-17-24(11-3)28(29)18(4)12-15-26(22(8)21(25)7)27-16-19(5)20(27)6/h15,18-20,22-23,27H,9-14,16-17,29H2,1-8H3/b25-21-,26-15-,28-24+/t18?,19?,20-,22?,27?/m1/s1. The fourth-order valence-electron chi connectivity index (χ4n) is 5.65. The zero-order valence-corrected chi connectivity index (χ0v) is 20.8. The third kappa shape index (κ3) is 5.59. The molecule has 0 aromatic carbocycles. The van der Waals surface area contributed by atoms with Crippen molar-refractivity contribution >= 4 is 0 Å². The second-order valence-electron chi connectivity index (χ2n) is 10.3. The van der Waals surface area contributed by atoms with Crippen molar-refractivity contribution in [3.05, 3.63) is 34.1 Å². The van der Waals surface area contributed by atoms with E-state index in [9.17, 15) is 0 Å². The average molecular weight is 400 g/mol. The molecule has 0 heterocycles. The monoisotopic (exact) mass is 399 g/mol. The average Bonchev–Trinajstić information content (AvgIpc) is 2.73. The highest BCUT2D eigenvalue weighted by Gasteiger charge is 2.38. The second kappa shape index (κ2) is 10.9. The van der Waals surface area contributed by atoms with Gasteiger partial charge in [0.25, 0.3) is 0 Å². The Morgan fingerprint density at radius 1 is 1.03 bits per heavy atom. The molecule has 1 nitrogen and oxygen atoms in total. The zero-order chi connectivity index (χ0) is 21.7. The van der Waals surface area contributed by atoms with Gasteiger partial charge in [-0.25, -0.2) is 0 Å². The minimum atomic E-state index is 0.457. The summed E-state index contributed by atoms with van der Waals surface area (Å²) in [6.45, 7) is 19.1. The van der Waals surface area contributed by atoms with Gasteiger partial charge in [-0.3, -0.25) is 0 Å². The lowest BCUT2D eigenvalue weighted by Crippen LogP contribution is -2.36. The lowest BCUT2D eigenvalue weighted by atomic mass is 9.60. The zero-order valence-electron chi connectivity index (χ0n) is 20.8. The molecule has 1 heteroatoms. The Labute approximate surface area is 182 Å². The van der Waals surface area contributed by atoms with Crippen molar-refractivity contribution < 1.29 is 0 Å². The molecule has 2 rings (SSSR count). The van der Waals surface area contributed by atoms with Crippen LogP contribution in [-0.2, 0) is 0 Å². The van der Waals surface area contributed by atoms with E-state index in [-0.39, 0.29) is 0 Å². The molecule has 29 heavy (non-hydrogen) atoms. The van der Waals surface area contributed by atoms with Crippen LogP contribution < -0.4 is 5.73 Å². The van der Waals surface area contributed by atoms with Gasteiger partial charge >= 0.3 is 0 Å². The number of rotatable bonds is 7. The fourth-order valence-corrected chi connectivity index (χ4v) is 5.65. The minimum Gasteiger partial charge on any atom is -0.402 e. The molecule has 1 fully saturated rings. The minimum absolute atomic E-state index is 0.457. The van der Waals surface area contributed by atoms with Crippen molar-refractivity contribution in [2.75, 3.05) is 0 Å². The second-order valence-corrected chi connectivity index (χ2v) is 10.3. The molecular weight excluding hydrogens is 350 g/mol. The Kier molecular flexibility index (Phi) is 9.11. The van der Waals surface area contributed by atoms with Crippen molar-refractivity contribution in [2.45, 2.75) is 107 Å². The van der Waals surface area contributed by atoms with Crippen LogP contribution in [-0.4, -0.2) is 0 Å². The van der Waals surface area contributed by atoms with Gasteiger partial charge in [0.2, 0.25) is 0 Å². The first-order valence-electron chi connectivity index (χ1n) is 12.6. The molecule has 0 aliphatic heterocycles. The van der Waals surface area contributed by atoms with E-state index in [4.69, 9.17) is 5.73 Å². The van der Waals surface area contributed by atoms with Crippen LogP contribution in [0, 0.1) is 35.5 Å². The molecule has 2 aliphatic rings. The maximum Gasteiger partial charge on any atom is 0.0107 e. The van der Waals surface area contributed by atoms with E-state index in [2.05, 4.69) is 61.5 Å². The summed E-state index contributed by atoms with van der Waals surface area (Å²) in [6, 6.07) is 0. The van der Waals surface area contributed by atoms with E-state index in [0.717, 1.165) is 42.9 Å². The quantitative estimate of drug-likeness (QED) is 0.427. The van der Waals surface area contributed by atoms with E-state index in [1.54, 1.807) is 16.7 Å². The molecule has 0 aromatic rings. The van der Waals surface area contributed by atoms with Gasteiger partial charge in [-0.15, -0.1) is 0 Å².